The van der Waals surface area contributed by atoms with Crippen LogP contribution in [0.4, 0.5) is 6.01 Å². The van der Waals surface area contributed by atoms with E-state index in [1.54, 1.807) is 0 Å². The molecule has 0 fully saturated rings. The van der Waals surface area contributed by atoms with Crippen molar-refractivity contribution in [2.45, 2.75) is 20.8 Å². The number of nitrogens with zero attached hydrogens (tertiary/aromatic N) is 1. The van der Waals surface area contributed by atoms with Gasteiger partial charge >= 0.3 is 5.97 Å². The van der Waals surface area contributed by atoms with Crippen LogP contribution in [-0.2, 0) is 0 Å². The summed E-state index contributed by atoms with van der Waals surface area (Å²) >= 11 is 0. The third-order valence-corrected chi connectivity index (χ3v) is 2.44. The Morgan fingerprint density at radius 3 is 2.73 bits per heavy atom. The van der Waals surface area contributed by atoms with Gasteiger partial charge in [-0.3, -0.25) is 0 Å². The predicted molar refractivity (Wildman–Crippen MR) is 56.0 cm³/mol. The normalized spacial score (nSPS) is 12.8. The summed E-state index contributed by atoms with van der Waals surface area (Å²) in [6, 6.07) is 0.264. The van der Waals surface area contributed by atoms with Crippen LogP contribution in [0.2, 0.25) is 0 Å². The Morgan fingerprint density at radius 1 is 1.60 bits per heavy atom. The molecule has 84 valence electrons. The Kier molecular flexibility index (Phi) is 3.71. The first-order chi connectivity index (χ1) is 7.00. The molecule has 0 amide bonds. The Labute approximate surface area is 88.5 Å². The van der Waals surface area contributed by atoms with E-state index in [0.29, 0.717) is 11.8 Å². The molecule has 0 aliphatic heterocycles. The Hall–Kier alpha value is -1.52. The van der Waals surface area contributed by atoms with Gasteiger partial charge in [-0.05, 0) is 11.8 Å². The van der Waals surface area contributed by atoms with Crippen LogP contribution in [0.1, 0.15) is 31.3 Å². The largest absolute Gasteiger partial charge is 0.476 e. The molecule has 2 N–H and O–H groups in total. The van der Waals surface area contributed by atoms with Gasteiger partial charge in [-0.15, -0.1) is 0 Å². The standard InChI is InChI=1S/C10H16N2O3/c1-6(2)7(3)4-11-10-12-8(5-15-10)9(13)14/h5-7H,4H2,1-3H3,(H,11,12)(H,13,14). The van der Waals surface area contributed by atoms with Gasteiger partial charge in [-0.1, -0.05) is 20.8 Å². The molecule has 1 atom stereocenters. The van der Waals surface area contributed by atoms with Crippen LogP contribution in [0.3, 0.4) is 0 Å². The molecule has 1 aromatic heterocycles. The van der Waals surface area contributed by atoms with Gasteiger partial charge in [0.15, 0.2) is 5.69 Å². The van der Waals surface area contributed by atoms with Crippen LogP contribution in [0.15, 0.2) is 10.7 Å². The number of anilines is 1. The zero-order valence-corrected chi connectivity index (χ0v) is 9.15. The van der Waals surface area contributed by atoms with Crippen LogP contribution in [-0.4, -0.2) is 22.6 Å². The Bertz CT molecular complexity index is 333. The molecule has 0 saturated carbocycles. The highest BCUT2D eigenvalue weighted by Crippen LogP contribution is 2.12. The minimum atomic E-state index is -1.08. The highest BCUT2D eigenvalue weighted by atomic mass is 16.4. The second-order valence-electron chi connectivity index (χ2n) is 3.95. The highest BCUT2D eigenvalue weighted by Gasteiger charge is 2.12. The average molecular weight is 212 g/mol. The lowest BCUT2D eigenvalue weighted by molar-refractivity contribution is 0.0690. The van der Waals surface area contributed by atoms with Crippen molar-refractivity contribution in [3.63, 3.8) is 0 Å². The Balaban J connectivity index is 2.48. The average Bonchev–Trinajstić information content (AvgIpc) is 2.62. The van der Waals surface area contributed by atoms with E-state index in [4.69, 9.17) is 9.52 Å². The van der Waals surface area contributed by atoms with E-state index >= 15 is 0 Å². The minimum Gasteiger partial charge on any atom is -0.476 e. The van der Waals surface area contributed by atoms with Crippen LogP contribution in [0.5, 0.6) is 0 Å². The third-order valence-electron chi connectivity index (χ3n) is 2.44. The molecule has 1 unspecified atom stereocenters. The summed E-state index contributed by atoms with van der Waals surface area (Å²) in [7, 11) is 0. The van der Waals surface area contributed by atoms with Gasteiger partial charge < -0.3 is 14.8 Å². The van der Waals surface area contributed by atoms with Gasteiger partial charge in [0.2, 0.25) is 0 Å². The molecule has 0 aliphatic rings. The van der Waals surface area contributed by atoms with Crippen molar-refractivity contribution in [2.75, 3.05) is 11.9 Å². The van der Waals surface area contributed by atoms with Gasteiger partial charge in [0.25, 0.3) is 6.01 Å². The molecule has 0 aromatic carbocycles. The summed E-state index contributed by atoms with van der Waals surface area (Å²) in [4.78, 5) is 14.3. The van der Waals surface area contributed by atoms with Gasteiger partial charge in [0, 0.05) is 6.54 Å². The summed E-state index contributed by atoms with van der Waals surface area (Å²) < 4.78 is 4.95. The molecule has 0 aliphatic carbocycles. The number of carbonyl (C=O) groups is 1. The maximum Gasteiger partial charge on any atom is 0.357 e. The zero-order valence-electron chi connectivity index (χ0n) is 9.15. The molecule has 1 rings (SSSR count). The number of carboxylic acid groups (broad SMARTS) is 1. The van der Waals surface area contributed by atoms with Crippen LogP contribution in [0, 0.1) is 11.8 Å². The summed E-state index contributed by atoms with van der Waals surface area (Å²) in [6.45, 7) is 7.09. The van der Waals surface area contributed by atoms with Crippen molar-refractivity contribution in [2.24, 2.45) is 11.8 Å². The molecule has 5 heteroatoms. The number of aromatic carboxylic acids is 1. The van der Waals surface area contributed by atoms with E-state index in [1.165, 1.54) is 0 Å². The zero-order chi connectivity index (χ0) is 11.4. The van der Waals surface area contributed by atoms with E-state index < -0.39 is 5.97 Å². The number of aromatic nitrogens is 1. The van der Waals surface area contributed by atoms with Gasteiger partial charge in [0.1, 0.15) is 6.26 Å². The molecule has 1 aromatic rings. The lowest BCUT2D eigenvalue weighted by Gasteiger charge is -2.14. The molecular formula is C10H16N2O3. The van der Waals surface area contributed by atoms with Crippen molar-refractivity contribution >= 4 is 12.0 Å². The van der Waals surface area contributed by atoms with Gasteiger partial charge in [0.05, 0.1) is 0 Å². The second kappa shape index (κ2) is 4.82. The first kappa shape index (κ1) is 11.6. The topological polar surface area (TPSA) is 75.4 Å². The fraction of sp³-hybridized carbons (Fsp3) is 0.600. The molecule has 0 saturated heterocycles. The fourth-order valence-corrected chi connectivity index (χ4v) is 0.937. The van der Waals surface area contributed by atoms with E-state index in [1.807, 2.05) is 0 Å². The van der Waals surface area contributed by atoms with E-state index in [-0.39, 0.29) is 11.7 Å². The number of nitrogens with one attached hydrogen (secondary N) is 1. The Morgan fingerprint density at radius 2 is 2.27 bits per heavy atom. The van der Waals surface area contributed by atoms with E-state index in [0.717, 1.165) is 12.8 Å². The summed E-state index contributed by atoms with van der Waals surface area (Å²) in [5.74, 6) is -0.0414. The van der Waals surface area contributed by atoms with Crippen molar-refractivity contribution in [3.05, 3.63) is 12.0 Å². The van der Waals surface area contributed by atoms with Crippen LogP contribution < -0.4 is 5.32 Å². The van der Waals surface area contributed by atoms with Gasteiger partial charge in [-0.2, -0.15) is 4.98 Å². The lowest BCUT2D eigenvalue weighted by atomic mass is 9.98. The molecule has 15 heavy (non-hydrogen) atoms. The number of oxazole rings is 1. The molecule has 5 nitrogen and oxygen atoms in total. The molecule has 0 bridgehead atoms. The van der Waals surface area contributed by atoms with Crippen molar-refractivity contribution in [1.29, 1.82) is 0 Å². The molecule has 1 heterocycles. The van der Waals surface area contributed by atoms with Crippen LogP contribution >= 0.6 is 0 Å². The quantitative estimate of drug-likeness (QED) is 0.781. The fourth-order valence-electron chi connectivity index (χ4n) is 0.937. The number of rotatable bonds is 5. The summed E-state index contributed by atoms with van der Waals surface area (Å²) in [5.41, 5.74) is -0.0744. The second-order valence-corrected chi connectivity index (χ2v) is 3.95. The van der Waals surface area contributed by atoms with E-state index in [9.17, 15) is 4.79 Å². The smallest absolute Gasteiger partial charge is 0.357 e. The maximum absolute atomic E-state index is 10.5. The highest BCUT2D eigenvalue weighted by molar-refractivity contribution is 5.85. The summed E-state index contributed by atoms with van der Waals surface area (Å²) in [6.07, 6.45) is 1.13. The number of hydrogen-bond acceptors (Lipinski definition) is 4. The first-order valence-electron chi connectivity index (χ1n) is 4.93. The number of hydrogen-bond donors (Lipinski definition) is 2. The monoisotopic (exact) mass is 212 g/mol. The van der Waals surface area contributed by atoms with Crippen molar-refractivity contribution < 1.29 is 14.3 Å². The van der Waals surface area contributed by atoms with Crippen LogP contribution in [0.25, 0.3) is 0 Å². The van der Waals surface area contributed by atoms with Crippen molar-refractivity contribution in [3.8, 4) is 0 Å². The lowest BCUT2D eigenvalue weighted by Crippen LogP contribution is -2.16. The molecular weight excluding hydrogens is 196 g/mol. The van der Waals surface area contributed by atoms with Gasteiger partial charge in [-0.25, -0.2) is 4.79 Å². The maximum atomic E-state index is 10.5. The van der Waals surface area contributed by atoms with E-state index in [2.05, 4.69) is 31.1 Å². The summed E-state index contributed by atoms with van der Waals surface area (Å²) in [5, 5.41) is 11.6. The predicted octanol–water partition coefficient (Wildman–Crippen LogP) is 2.08. The first-order valence-corrected chi connectivity index (χ1v) is 4.93. The number of carboxylic acids is 1. The third kappa shape index (κ3) is 3.27. The molecule has 0 spiro atoms. The SMILES string of the molecule is CC(C)C(C)CNc1nc(C(=O)O)co1. The van der Waals surface area contributed by atoms with Crippen molar-refractivity contribution in [1.82, 2.24) is 4.98 Å². The molecule has 0 radical (unpaired) electrons. The minimum absolute atomic E-state index is 0.0744.